The van der Waals surface area contributed by atoms with E-state index in [0.717, 1.165) is 39.4 Å². The molecule has 6 nitrogen and oxygen atoms in total. The van der Waals surface area contributed by atoms with Crippen molar-refractivity contribution in [3.05, 3.63) is 42.7 Å². The number of H-pyrrole nitrogens is 1. The van der Waals surface area contributed by atoms with E-state index in [0.29, 0.717) is 25.2 Å². The van der Waals surface area contributed by atoms with Gasteiger partial charge in [0.15, 0.2) is 0 Å². The van der Waals surface area contributed by atoms with Gasteiger partial charge in [-0.05, 0) is 38.2 Å². The molecule has 0 saturated heterocycles. The van der Waals surface area contributed by atoms with Crippen LogP contribution in [0, 0.1) is 6.92 Å². The predicted octanol–water partition coefficient (Wildman–Crippen LogP) is 2.88. The molecule has 0 unspecified atom stereocenters. The maximum Gasteiger partial charge on any atom is 0.259 e. The van der Waals surface area contributed by atoms with Gasteiger partial charge in [-0.15, -0.1) is 22.7 Å². The van der Waals surface area contributed by atoms with E-state index < -0.39 is 0 Å². The Balaban J connectivity index is 1.42. The third kappa shape index (κ3) is 3.57. The molecule has 3 aromatic rings. The van der Waals surface area contributed by atoms with Gasteiger partial charge in [-0.25, -0.2) is 9.97 Å². The van der Waals surface area contributed by atoms with Crippen LogP contribution >= 0.6 is 22.7 Å². The highest BCUT2D eigenvalue weighted by Gasteiger charge is 2.19. The molecule has 1 aliphatic rings. The van der Waals surface area contributed by atoms with Crippen LogP contribution in [0.25, 0.3) is 10.2 Å². The molecule has 0 aromatic carbocycles. The SMILES string of the molecule is Cc1ncc(CNC(=O)CCc2nc3sc4c(c3c(=O)[nH]2)CCCC4)s1. The topological polar surface area (TPSA) is 87.7 Å². The maximum atomic E-state index is 12.5. The molecular weight excluding hydrogens is 368 g/mol. The van der Waals surface area contributed by atoms with E-state index in [1.54, 1.807) is 28.9 Å². The van der Waals surface area contributed by atoms with Crippen molar-refractivity contribution in [1.82, 2.24) is 20.3 Å². The summed E-state index contributed by atoms with van der Waals surface area (Å²) in [6.45, 7) is 2.43. The second kappa shape index (κ2) is 7.28. The molecule has 1 amide bonds. The number of thiophene rings is 1. The van der Waals surface area contributed by atoms with Crippen molar-refractivity contribution in [3.63, 3.8) is 0 Å². The molecule has 2 N–H and O–H groups in total. The van der Waals surface area contributed by atoms with Gasteiger partial charge in [0.25, 0.3) is 5.56 Å². The first kappa shape index (κ1) is 17.4. The van der Waals surface area contributed by atoms with Crippen LogP contribution in [0.15, 0.2) is 11.0 Å². The molecule has 0 fully saturated rings. The van der Waals surface area contributed by atoms with Crippen LogP contribution in [0.4, 0.5) is 0 Å². The molecular formula is C18H20N4O2S2. The Kier molecular flexibility index (Phi) is 4.86. The number of carbonyl (C=O) groups excluding carboxylic acids is 1. The molecule has 0 saturated carbocycles. The smallest absolute Gasteiger partial charge is 0.259 e. The average molecular weight is 389 g/mol. The second-order valence-corrected chi connectivity index (χ2v) is 8.93. The van der Waals surface area contributed by atoms with Crippen LogP contribution in [-0.4, -0.2) is 20.9 Å². The number of nitrogens with zero attached hydrogens (tertiary/aromatic N) is 2. The van der Waals surface area contributed by atoms with Gasteiger partial charge in [-0.3, -0.25) is 9.59 Å². The highest BCUT2D eigenvalue weighted by molar-refractivity contribution is 7.18. The molecule has 136 valence electrons. The zero-order valence-electron chi connectivity index (χ0n) is 14.6. The molecule has 26 heavy (non-hydrogen) atoms. The predicted molar refractivity (Wildman–Crippen MR) is 104 cm³/mol. The Morgan fingerprint density at radius 1 is 1.31 bits per heavy atom. The minimum absolute atomic E-state index is 0.0516. The summed E-state index contributed by atoms with van der Waals surface area (Å²) < 4.78 is 0. The van der Waals surface area contributed by atoms with E-state index >= 15 is 0 Å². The monoisotopic (exact) mass is 388 g/mol. The van der Waals surface area contributed by atoms with E-state index in [-0.39, 0.29) is 11.5 Å². The fourth-order valence-corrected chi connectivity index (χ4v) is 5.34. The number of hydrogen-bond donors (Lipinski definition) is 2. The van der Waals surface area contributed by atoms with Gasteiger partial charge >= 0.3 is 0 Å². The first-order chi connectivity index (χ1) is 12.6. The van der Waals surface area contributed by atoms with E-state index in [2.05, 4.69) is 20.3 Å². The number of carbonyl (C=O) groups is 1. The zero-order valence-corrected chi connectivity index (χ0v) is 16.2. The van der Waals surface area contributed by atoms with Crippen molar-refractivity contribution in [3.8, 4) is 0 Å². The van der Waals surface area contributed by atoms with E-state index in [1.165, 1.54) is 16.9 Å². The summed E-state index contributed by atoms with van der Waals surface area (Å²) in [6.07, 6.45) is 6.86. The average Bonchev–Trinajstić information content (AvgIpc) is 3.21. The Morgan fingerprint density at radius 3 is 2.96 bits per heavy atom. The molecule has 0 radical (unpaired) electrons. The molecule has 0 atom stereocenters. The van der Waals surface area contributed by atoms with Gasteiger partial charge in [-0.1, -0.05) is 0 Å². The van der Waals surface area contributed by atoms with Crippen molar-refractivity contribution >= 4 is 38.8 Å². The third-order valence-electron chi connectivity index (χ3n) is 4.59. The van der Waals surface area contributed by atoms with Crippen LogP contribution in [0.2, 0.25) is 0 Å². The molecule has 0 aliphatic heterocycles. The van der Waals surface area contributed by atoms with Gasteiger partial charge < -0.3 is 10.3 Å². The lowest BCUT2D eigenvalue weighted by molar-refractivity contribution is -0.121. The largest absolute Gasteiger partial charge is 0.351 e. The van der Waals surface area contributed by atoms with Crippen molar-refractivity contribution in [2.45, 2.75) is 52.0 Å². The van der Waals surface area contributed by atoms with Gasteiger partial charge in [0.05, 0.1) is 16.9 Å². The normalized spacial score (nSPS) is 13.7. The number of amides is 1. The van der Waals surface area contributed by atoms with Crippen molar-refractivity contribution in [1.29, 1.82) is 0 Å². The van der Waals surface area contributed by atoms with E-state index in [4.69, 9.17) is 0 Å². The Hall–Kier alpha value is -2.06. The summed E-state index contributed by atoms with van der Waals surface area (Å²) in [5.41, 5.74) is 1.12. The van der Waals surface area contributed by atoms with E-state index in [1.807, 2.05) is 6.92 Å². The number of nitrogens with one attached hydrogen (secondary N) is 2. The lowest BCUT2D eigenvalue weighted by Crippen LogP contribution is -2.23. The molecule has 4 rings (SSSR count). The van der Waals surface area contributed by atoms with Gasteiger partial charge in [-0.2, -0.15) is 0 Å². The summed E-state index contributed by atoms with van der Waals surface area (Å²) in [5, 5.41) is 4.64. The summed E-state index contributed by atoms with van der Waals surface area (Å²) in [6, 6.07) is 0. The Labute approximate surface area is 158 Å². The van der Waals surface area contributed by atoms with Crippen molar-refractivity contribution in [2.24, 2.45) is 0 Å². The fraction of sp³-hybridized carbons (Fsp3) is 0.444. The van der Waals surface area contributed by atoms with Gasteiger partial charge in [0, 0.05) is 28.8 Å². The van der Waals surface area contributed by atoms with Crippen LogP contribution in [0.3, 0.4) is 0 Å². The highest BCUT2D eigenvalue weighted by atomic mass is 32.1. The maximum absolute atomic E-state index is 12.5. The number of aromatic amines is 1. The fourth-order valence-electron chi connectivity index (χ4n) is 3.32. The summed E-state index contributed by atoms with van der Waals surface area (Å²) >= 11 is 3.21. The first-order valence-corrected chi connectivity index (χ1v) is 10.4. The standard InChI is InChI=1S/C18H20N4O2S2/c1-10-19-8-11(25-10)9-20-15(23)7-6-14-21-17(24)16-12-4-2-3-5-13(12)26-18(16)22-14/h8H,2-7,9H2,1H3,(H,20,23)(H,21,22,24). The number of aryl methyl sites for hydroxylation is 4. The van der Waals surface area contributed by atoms with Crippen molar-refractivity contribution < 1.29 is 4.79 Å². The summed E-state index contributed by atoms with van der Waals surface area (Å²) in [4.78, 5) is 39.4. The highest BCUT2D eigenvalue weighted by Crippen LogP contribution is 2.33. The number of hydrogen-bond acceptors (Lipinski definition) is 6. The lowest BCUT2D eigenvalue weighted by Gasteiger charge is -2.09. The number of thiazole rings is 1. The van der Waals surface area contributed by atoms with Crippen LogP contribution in [0.1, 0.15) is 45.4 Å². The molecule has 0 spiro atoms. The first-order valence-electron chi connectivity index (χ1n) is 8.81. The van der Waals surface area contributed by atoms with Crippen LogP contribution < -0.4 is 10.9 Å². The summed E-state index contributed by atoms with van der Waals surface area (Å²) in [7, 11) is 0. The quantitative estimate of drug-likeness (QED) is 0.703. The van der Waals surface area contributed by atoms with Crippen LogP contribution in [0.5, 0.6) is 0 Å². The van der Waals surface area contributed by atoms with Gasteiger partial charge in [0.2, 0.25) is 5.91 Å². The molecule has 3 heterocycles. The second-order valence-electron chi connectivity index (χ2n) is 6.53. The minimum Gasteiger partial charge on any atom is -0.351 e. The minimum atomic E-state index is -0.0649. The molecule has 1 aliphatic carbocycles. The van der Waals surface area contributed by atoms with E-state index in [9.17, 15) is 9.59 Å². The molecule has 0 bridgehead atoms. The molecule has 8 heteroatoms. The molecule has 3 aromatic heterocycles. The Bertz CT molecular complexity index is 1020. The van der Waals surface area contributed by atoms with Crippen LogP contribution in [-0.2, 0) is 30.6 Å². The van der Waals surface area contributed by atoms with Crippen molar-refractivity contribution in [2.75, 3.05) is 0 Å². The van der Waals surface area contributed by atoms with Gasteiger partial charge in [0.1, 0.15) is 10.7 Å². The number of aromatic nitrogens is 3. The number of rotatable bonds is 5. The number of fused-ring (bicyclic) bond motifs is 3. The third-order valence-corrected chi connectivity index (χ3v) is 6.69. The Morgan fingerprint density at radius 2 is 2.15 bits per heavy atom. The summed E-state index contributed by atoms with van der Waals surface area (Å²) in [5.74, 6) is 0.536. The lowest BCUT2D eigenvalue weighted by atomic mass is 9.97. The zero-order chi connectivity index (χ0) is 18.1.